The summed E-state index contributed by atoms with van der Waals surface area (Å²) in [6.45, 7) is 27.3. The molecule has 0 aliphatic carbocycles. The molecular weight excluding hydrogens is 976 g/mol. The van der Waals surface area contributed by atoms with Crippen molar-refractivity contribution in [3.05, 3.63) is 199 Å². The second-order valence-electron chi connectivity index (χ2n) is 20.8. The van der Waals surface area contributed by atoms with Gasteiger partial charge in [-0.3, -0.25) is 0 Å². The van der Waals surface area contributed by atoms with E-state index in [1.165, 1.54) is 22.3 Å². The Hall–Kier alpha value is -5.90. The van der Waals surface area contributed by atoms with Crippen LogP contribution in [0.25, 0.3) is 38.8 Å². The van der Waals surface area contributed by atoms with Crippen molar-refractivity contribution in [2.75, 3.05) is 9.80 Å². The van der Waals surface area contributed by atoms with Crippen LogP contribution in [0.1, 0.15) is 98.4 Å². The molecular formula is C59H59N4OPt-3. The van der Waals surface area contributed by atoms with E-state index in [9.17, 15) is 0 Å². The second-order valence-corrected chi connectivity index (χ2v) is 20.8. The molecule has 6 heteroatoms. The minimum atomic E-state index is -0.210. The Morgan fingerprint density at radius 2 is 1.20 bits per heavy atom. The number of ether oxygens (including phenoxy) is 1. The molecule has 1 aliphatic heterocycles. The number of anilines is 2. The number of rotatable bonds is 8. The Bertz CT molecular complexity index is 3030. The Kier molecular flexibility index (Phi) is 12.0. The fraction of sp³-hybridized carbons (Fsp3) is 0.254. The first-order chi connectivity index (χ1) is 30.3. The van der Waals surface area contributed by atoms with Crippen LogP contribution < -0.4 is 14.5 Å². The van der Waals surface area contributed by atoms with Gasteiger partial charge in [0.15, 0.2) is 0 Å². The molecule has 0 N–H and O–H groups in total. The molecule has 0 bridgehead atoms. The maximum Gasteiger partial charge on any atom is 0.135 e. The van der Waals surface area contributed by atoms with E-state index in [2.05, 4.69) is 249 Å². The van der Waals surface area contributed by atoms with Crippen molar-refractivity contribution in [1.82, 2.24) is 9.55 Å². The minimum absolute atomic E-state index is 0. The van der Waals surface area contributed by atoms with E-state index in [1.54, 1.807) is 0 Å². The number of hydrogen-bond acceptors (Lipinski definition) is 4. The molecule has 334 valence electrons. The van der Waals surface area contributed by atoms with Gasteiger partial charge in [0.1, 0.15) is 5.82 Å². The summed E-state index contributed by atoms with van der Waals surface area (Å²) < 4.78 is 9.08. The van der Waals surface area contributed by atoms with Crippen LogP contribution in [0.15, 0.2) is 158 Å². The van der Waals surface area contributed by atoms with E-state index in [-0.39, 0.29) is 42.7 Å². The van der Waals surface area contributed by atoms with Crippen molar-refractivity contribution in [3.8, 4) is 28.4 Å². The van der Waals surface area contributed by atoms with Crippen LogP contribution in [-0.4, -0.2) is 9.55 Å². The first-order valence-corrected chi connectivity index (χ1v) is 22.4. The van der Waals surface area contributed by atoms with Crippen LogP contribution in [-0.2, 0) is 37.3 Å². The fourth-order valence-electron chi connectivity index (χ4n) is 8.69. The van der Waals surface area contributed by atoms with Gasteiger partial charge >= 0.3 is 0 Å². The van der Waals surface area contributed by atoms with Crippen molar-refractivity contribution < 1.29 is 25.8 Å². The standard InChI is InChI=1S/C59H59N4O.Pt/c1-56(2,3)43-28-29-60-55(35-43)63-52-25-19-18-24-50(52)51-27-26-48(37-53(51)63)64-49-31-41(40-20-14-12-15-21-40)30-47(36-49)62-39-61(38-54(62)58(7,8)9)46-33-44(57(4,5)6)32-45(34-46)59(10,11)42-22-16-13-17-23-42;/h12-35,38-39H,1-11H3;/q-3;. The molecule has 0 spiro atoms. The topological polar surface area (TPSA) is 33.5 Å². The maximum absolute atomic E-state index is 6.88. The molecule has 8 aromatic rings. The van der Waals surface area contributed by atoms with Crippen molar-refractivity contribution in [2.24, 2.45) is 5.41 Å². The molecule has 1 aliphatic rings. The van der Waals surface area contributed by atoms with Gasteiger partial charge in [-0.25, -0.2) is 4.98 Å². The number of benzene rings is 6. The Balaban J connectivity index is 0.00000576. The van der Waals surface area contributed by atoms with Gasteiger partial charge in [-0.15, -0.1) is 53.6 Å². The van der Waals surface area contributed by atoms with Gasteiger partial charge < -0.3 is 19.1 Å². The van der Waals surface area contributed by atoms with Gasteiger partial charge in [0.05, 0.1) is 0 Å². The molecule has 0 amide bonds. The summed E-state index contributed by atoms with van der Waals surface area (Å²) in [5.41, 5.74) is 11.8. The minimum Gasteiger partial charge on any atom is -0.509 e. The Morgan fingerprint density at radius 3 is 1.89 bits per heavy atom. The molecule has 65 heavy (non-hydrogen) atoms. The molecule has 3 heterocycles. The van der Waals surface area contributed by atoms with Gasteiger partial charge in [-0.2, -0.15) is 6.07 Å². The summed E-state index contributed by atoms with van der Waals surface area (Å²) in [4.78, 5) is 9.46. The SMILES string of the molecule is CC(C)(C)C1=CN(c2cc(C(C)(C)C)cc(C(C)(C)c3ccccc3)c2)[CH-]N1c1[c-]c(Oc2[c-]c3c(cc2)c2ccccc2n3-c2cc(C(C)(C)C)ccn2)cc(-c2ccccc2)c1.[Pt]. The number of allylic oxidation sites excluding steroid dienone is 1. The summed E-state index contributed by atoms with van der Waals surface area (Å²) in [6.07, 6.45) is 4.19. The fourth-order valence-corrected chi connectivity index (χ4v) is 8.69. The molecule has 0 radical (unpaired) electrons. The van der Waals surface area contributed by atoms with Crippen LogP contribution in [0.4, 0.5) is 11.4 Å². The summed E-state index contributed by atoms with van der Waals surface area (Å²) in [5, 5.41) is 2.23. The third-order valence-electron chi connectivity index (χ3n) is 12.6. The van der Waals surface area contributed by atoms with Gasteiger partial charge in [-0.1, -0.05) is 167 Å². The van der Waals surface area contributed by atoms with Crippen LogP contribution in [0, 0.1) is 24.2 Å². The van der Waals surface area contributed by atoms with Crippen molar-refractivity contribution in [2.45, 2.75) is 92.4 Å². The third-order valence-corrected chi connectivity index (χ3v) is 12.6. The van der Waals surface area contributed by atoms with Gasteiger partial charge in [0.2, 0.25) is 0 Å². The first-order valence-electron chi connectivity index (χ1n) is 22.4. The molecule has 0 fully saturated rings. The summed E-state index contributed by atoms with van der Waals surface area (Å²) in [5.74, 6) is 2.05. The van der Waals surface area contributed by atoms with E-state index in [0.29, 0.717) is 11.5 Å². The number of fused-ring (bicyclic) bond motifs is 3. The zero-order chi connectivity index (χ0) is 45.2. The zero-order valence-electron chi connectivity index (χ0n) is 39.5. The molecule has 9 rings (SSSR count). The summed E-state index contributed by atoms with van der Waals surface area (Å²) >= 11 is 0. The zero-order valence-corrected chi connectivity index (χ0v) is 41.8. The summed E-state index contributed by atoms with van der Waals surface area (Å²) in [6, 6.07) is 57.1. The number of nitrogens with zero attached hydrogens (tertiary/aromatic N) is 4. The molecule has 0 saturated heterocycles. The molecule has 0 saturated carbocycles. The van der Waals surface area contributed by atoms with Crippen molar-refractivity contribution in [1.29, 1.82) is 0 Å². The molecule has 0 unspecified atom stereocenters. The first kappa shape index (κ1) is 45.7. The molecule has 5 nitrogen and oxygen atoms in total. The normalized spacial score (nSPS) is 13.6. The molecule has 2 aromatic heterocycles. The quantitative estimate of drug-likeness (QED) is 0.142. The van der Waals surface area contributed by atoms with Crippen LogP contribution >= 0.6 is 0 Å². The summed E-state index contributed by atoms with van der Waals surface area (Å²) in [7, 11) is 0. The van der Waals surface area contributed by atoms with Gasteiger partial charge in [-0.05, 0) is 80.6 Å². The van der Waals surface area contributed by atoms with Crippen LogP contribution in [0.5, 0.6) is 11.5 Å². The molecule has 6 aromatic carbocycles. The largest absolute Gasteiger partial charge is 0.509 e. The number of pyridine rings is 1. The van der Waals surface area contributed by atoms with E-state index in [1.807, 2.05) is 12.3 Å². The molecule has 0 atom stereocenters. The Labute approximate surface area is 401 Å². The third kappa shape index (κ3) is 9.05. The number of hydrogen-bond donors (Lipinski definition) is 0. The maximum atomic E-state index is 6.88. The predicted molar refractivity (Wildman–Crippen MR) is 267 cm³/mol. The van der Waals surface area contributed by atoms with E-state index in [0.717, 1.165) is 55.8 Å². The van der Waals surface area contributed by atoms with E-state index in [4.69, 9.17) is 9.72 Å². The van der Waals surface area contributed by atoms with E-state index < -0.39 is 0 Å². The van der Waals surface area contributed by atoms with Crippen LogP contribution in [0.3, 0.4) is 0 Å². The average Bonchev–Trinajstić information content (AvgIpc) is 3.87. The predicted octanol–water partition coefficient (Wildman–Crippen LogP) is 15.5. The monoisotopic (exact) mass is 1030 g/mol. The average molecular weight is 1040 g/mol. The van der Waals surface area contributed by atoms with Gasteiger partial charge in [0, 0.05) is 66.5 Å². The number of para-hydroxylation sites is 1. The second kappa shape index (κ2) is 17.1. The van der Waals surface area contributed by atoms with Crippen molar-refractivity contribution >= 4 is 33.2 Å². The van der Waals surface area contributed by atoms with E-state index >= 15 is 0 Å². The van der Waals surface area contributed by atoms with Crippen LogP contribution in [0.2, 0.25) is 0 Å². The van der Waals surface area contributed by atoms with Gasteiger partial charge in [0.25, 0.3) is 0 Å². The Morgan fingerprint density at radius 1 is 0.538 bits per heavy atom. The van der Waals surface area contributed by atoms with Crippen molar-refractivity contribution in [3.63, 3.8) is 0 Å². The smallest absolute Gasteiger partial charge is 0.135 e. The number of aromatic nitrogens is 2.